The minimum atomic E-state index is -2.62. The van der Waals surface area contributed by atoms with Crippen molar-refractivity contribution in [2.24, 2.45) is 0 Å². The first-order valence-electron chi connectivity index (χ1n) is 8.78. The average molecular weight is 283 g/mol. The zero-order chi connectivity index (χ0) is 18.9. The maximum absolute atomic E-state index is 7.90. The number of nitrogens with zero attached hydrogens (tertiary/aromatic N) is 2. The Hall–Kier alpha value is -1.18. The molecule has 0 spiro atoms. The molecule has 1 aromatic rings. The van der Waals surface area contributed by atoms with Gasteiger partial charge in [0.25, 0.3) is 0 Å². The van der Waals surface area contributed by atoms with Crippen molar-refractivity contribution in [3.63, 3.8) is 0 Å². The van der Waals surface area contributed by atoms with E-state index < -0.39 is 37.5 Å². The predicted octanol–water partition coefficient (Wildman–Crippen LogP) is 0.553. The summed E-state index contributed by atoms with van der Waals surface area (Å²) in [6.45, 7) is 2.41. The maximum atomic E-state index is 7.90. The van der Waals surface area contributed by atoms with Crippen LogP contribution in [-0.4, -0.2) is 47.5 Å². The summed E-state index contributed by atoms with van der Waals surface area (Å²) in [5.41, 5.74) is -0.512. The van der Waals surface area contributed by atoms with Gasteiger partial charge in [0.15, 0.2) is 0 Å². The van der Waals surface area contributed by atoms with Crippen LogP contribution in [0, 0.1) is 0 Å². The summed E-state index contributed by atoms with van der Waals surface area (Å²) in [6.07, 6.45) is 0.142. The number of rotatable bonds is 3. The molecule has 3 rings (SSSR count). The molecule has 108 valence electrons. The van der Waals surface area contributed by atoms with Gasteiger partial charge < -0.3 is 18.8 Å². The second-order valence-electron chi connectivity index (χ2n) is 5.62. The lowest BCUT2D eigenvalue weighted by Gasteiger charge is -2.32. The Morgan fingerprint density at radius 3 is 2.30 bits per heavy atom. The number of aromatic nitrogens is 2. The van der Waals surface area contributed by atoms with Gasteiger partial charge in [-0.3, -0.25) is 0 Å². The Balaban J connectivity index is 1.76. The van der Waals surface area contributed by atoms with E-state index in [1.54, 1.807) is 0 Å². The fourth-order valence-corrected chi connectivity index (χ4v) is 1.71. The molecule has 0 saturated carbocycles. The standard InChI is InChI=1S/C13H19BN2O4/c1-12(2)13(3,4)20-14(19-12)9-5-15-11(16-6-9)18-10-7-17-8-10/h5-6,10H,7-8H2,1-4H3/i7D2,8D2,10D. The molecule has 20 heavy (non-hydrogen) atoms. The quantitative estimate of drug-likeness (QED) is 0.755. The van der Waals surface area contributed by atoms with Gasteiger partial charge in [-0.05, 0) is 27.7 Å². The van der Waals surface area contributed by atoms with Gasteiger partial charge in [-0.2, -0.15) is 0 Å². The van der Waals surface area contributed by atoms with E-state index in [0.717, 1.165) is 0 Å². The molecule has 2 aliphatic rings. The molecule has 0 atom stereocenters. The van der Waals surface area contributed by atoms with E-state index in [9.17, 15) is 0 Å². The molecule has 0 radical (unpaired) electrons. The molecule has 0 unspecified atom stereocenters. The van der Waals surface area contributed by atoms with Crippen LogP contribution in [0.1, 0.15) is 34.5 Å². The van der Waals surface area contributed by atoms with Crippen LogP contribution in [0.5, 0.6) is 6.01 Å². The monoisotopic (exact) mass is 283 g/mol. The average Bonchev–Trinajstić information content (AvgIpc) is 2.66. The Morgan fingerprint density at radius 1 is 1.25 bits per heavy atom. The Bertz CT molecular complexity index is 656. The van der Waals surface area contributed by atoms with Crippen molar-refractivity contribution in [2.45, 2.75) is 45.0 Å². The van der Waals surface area contributed by atoms with Crippen LogP contribution in [0.4, 0.5) is 0 Å². The summed E-state index contributed by atoms with van der Waals surface area (Å²) in [6, 6.07) is -0.341. The first-order chi connectivity index (χ1) is 11.2. The molecule has 0 N–H and O–H groups in total. The van der Waals surface area contributed by atoms with Crippen molar-refractivity contribution in [3.8, 4) is 6.01 Å². The molecule has 7 heteroatoms. The zero-order valence-electron chi connectivity index (χ0n) is 16.8. The summed E-state index contributed by atoms with van der Waals surface area (Å²) < 4.78 is 59.1. The highest BCUT2D eigenvalue weighted by Crippen LogP contribution is 2.36. The van der Waals surface area contributed by atoms with Crippen LogP contribution in [0.3, 0.4) is 0 Å². The topological polar surface area (TPSA) is 62.7 Å². The largest absolute Gasteiger partial charge is 0.498 e. The van der Waals surface area contributed by atoms with Crippen LogP contribution in [0.2, 0.25) is 0 Å². The molecule has 2 aliphatic heterocycles. The predicted molar refractivity (Wildman–Crippen MR) is 73.0 cm³/mol. The third-order valence-corrected chi connectivity index (χ3v) is 3.65. The molecule has 2 saturated heterocycles. The van der Waals surface area contributed by atoms with Gasteiger partial charge in [-0.15, -0.1) is 0 Å². The first-order valence-corrected chi connectivity index (χ1v) is 6.28. The van der Waals surface area contributed by atoms with Crippen molar-refractivity contribution >= 4 is 12.6 Å². The fraction of sp³-hybridized carbons (Fsp3) is 0.692. The number of hydrogen-bond acceptors (Lipinski definition) is 6. The molecule has 6 nitrogen and oxygen atoms in total. The normalized spacial score (nSPS) is 34.8. The van der Waals surface area contributed by atoms with E-state index in [-0.39, 0.29) is 6.01 Å². The molecule has 0 aliphatic carbocycles. The van der Waals surface area contributed by atoms with Crippen LogP contribution in [0.25, 0.3) is 0 Å². The zero-order valence-corrected chi connectivity index (χ0v) is 11.8. The third kappa shape index (κ3) is 2.41. The van der Waals surface area contributed by atoms with Crippen molar-refractivity contribution in [1.29, 1.82) is 0 Å². The Morgan fingerprint density at radius 2 is 1.80 bits per heavy atom. The molecule has 3 heterocycles. The van der Waals surface area contributed by atoms with Gasteiger partial charge in [0.2, 0.25) is 0 Å². The van der Waals surface area contributed by atoms with Gasteiger partial charge >= 0.3 is 13.1 Å². The van der Waals surface area contributed by atoms with E-state index in [4.69, 9.17) is 20.9 Å². The lowest BCUT2D eigenvalue weighted by molar-refractivity contribution is -0.0831. The van der Waals surface area contributed by atoms with E-state index in [2.05, 4.69) is 14.7 Å². The SMILES string of the molecule is [2H]C1([2H])OC([2H])([2H])C1([2H])Oc1ncc(B2OC(C)(C)C(C)(C)O2)cn1. The van der Waals surface area contributed by atoms with E-state index in [1.165, 1.54) is 12.4 Å². The van der Waals surface area contributed by atoms with E-state index in [1.807, 2.05) is 27.7 Å². The minimum Gasteiger partial charge on any atom is -0.455 e. The molecular weight excluding hydrogens is 259 g/mol. The smallest absolute Gasteiger partial charge is 0.455 e. The van der Waals surface area contributed by atoms with Crippen LogP contribution >= 0.6 is 0 Å². The van der Waals surface area contributed by atoms with Gasteiger partial charge in [0.1, 0.15) is 6.08 Å². The summed E-state index contributed by atoms with van der Waals surface area (Å²) >= 11 is 0. The Labute approximate surface area is 126 Å². The van der Waals surface area contributed by atoms with Gasteiger partial charge in [0.05, 0.1) is 31.2 Å². The molecular formula is C13H19BN2O4. The summed E-state index contributed by atoms with van der Waals surface area (Å²) in [5.74, 6) is 0. The molecule has 0 aromatic carbocycles. The first kappa shape index (κ1) is 8.97. The van der Waals surface area contributed by atoms with Crippen molar-refractivity contribution in [2.75, 3.05) is 13.1 Å². The van der Waals surface area contributed by atoms with Crippen LogP contribution in [0.15, 0.2) is 12.4 Å². The lowest BCUT2D eigenvalue weighted by Crippen LogP contribution is -2.41. The summed E-state index contributed by atoms with van der Waals surface area (Å²) in [4.78, 5) is 7.83. The number of hydrogen-bond donors (Lipinski definition) is 0. The lowest BCUT2D eigenvalue weighted by atomic mass is 9.81. The molecule has 0 amide bonds. The van der Waals surface area contributed by atoms with Crippen LogP contribution in [-0.2, 0) is 14.0 Å². The molecule has 1 aromatic heterocycles. The van der Waals surface area contributed by atoms with E-state index in [0.29, 0.717) is 5.46 Å². The van der Waals surface area contributed by atoms with E-state index >= 15 is 0 Å². The fourth-order valence-electron chi connectivity index (χ4n) is 1.71. The van der Waals surface area contributed by atoms with Crippen molar-refractivity contribution in [1.82, 2.24) is 9.97 Å². The van der Waals surface area contributed by atoms with Gasteiger partial charge in [0, 0.05) is 17.9 Å². The Kier molecular flexibility index (Phi) is 2.10. The highest BCUT2D eigenvalue weighted by atomic mass is 16.7. The van der Waals surface area contributed by atoms with Crippen molar-refractivity contribution in [3.05, 3.63) is 12.4 Å². The minimum absolute atomic E-state index is 0.341. The maximum Gasteiger partial charge on any atom is 0.498 e. The molecule has 0 bridgehead atoms. The number of ether oxygens (including phenoxy) is 2. The van der Waals surface area contributed by atoms with Gasteiger partial charge in [-0.25, -0.2) is 9.97 Å². The highest BCUT2D eigenvalue weighted by molar-refractivity contribution is 6.61. The molecule has 2 fully saturated rings. The van der Waals surface area contributed by atoms with Gasteiger partial charge in [-0.1, -0.05) is 0 Å². The third-order valence-electron chi connectivity index (χ3n) is 3.65. The van der Waals surface area contributed by atoms with Crippen LogP contribution < -0.4 is 10.2 Å². The summed E-state index contributed by atoms with van der Waals surface area (Å²) in [7, 11) is -0.672. The summed E-state index contributed by atoms with van der Waals surface area (Å²) in [5, 5.41) is 0. The van der Waals surface area contributed by atoms with Crippen molar-refractivity contribution < 1.29 is 25.6 Å². The highest BCUT2D eigenvalue weighted by Gasteiger charge is 2.51. The second-order valence-corrected chi connectivity index (χ2v) is 5.62. The second kappa shape index (κ2) is 4.68.